The molecular formula is C19H19N3O3. The summed E-state index contributed by atoms with van der Waals surface area (Å²) >= 11 is 0. The largest absolute Gasteiger partial charge is 0.399 e. The molecule has 25 heavy (non-hydrogen) atoms. The van der Waals surface area contributed by atoms with Crippen molar-refractivity contribution >= 4 is 17.0 Å². The van der Waals surface area contributed by atoms with E-state index in [2.05, 4.69) is 0 Å². The second kappa shape index (κ2) is 5.94. The molecule has 3 rings (SSSR count). The fourth-order valence-corrected chi connectivity index (χ4v) is 2.65. The number of nitrogens with two attached hydrogens (primary N) is 3. The summed E-state index contributed by atoms with van der Waals surface area (Å²) in [5.41, 5.74) is 18.0. The Labute approximate surface area is 144 Å². The van der Waals surface area contributed by atoms with Crippen LogP contribution in [0.1, 0.15) is 21.5 Å². The third-order valence-electron chi connectivity index (χ3n) is 4.18. The lowest BCUT2D eigenvalue weighted by molar-refractivity contribution is -0.156. The molecule has 8 N–H and O–H groups in total. The van der Waals surface area contributed by atoms with Crippen LogP contribution < -0.4 is 17.2 Å². The van der Waals surface area contributed by atoms with Crippen LogP contribution in [0.2, 0.25) is 0 Å². The van der Waals surface area contributed by atoms with Crippen molar-refractivity contribution in [1.29, 1.82) is 0 Å². The Morgan fingerprint density at radius 3 is 2.24 bits per heavy atom. The summed E-state index contributed by atoms with van der Waals surface area (Å²) < 4.78 is 0. The van der Waals surface area contributed by atoms with E-state index in [1.807, 2.05) is 0 Å². The maximum atomic E-state index is 12.9. The van der Waals surface area contributed by atoms with Gasteiger partial charge in [-0.2, -0.15) is 0 Å². The number of aliphatic hydroxyl groups is 2. The van der Waals surface area contributed by atoms with Gasteiger partial charge < -0.3 is 27.4 Å². The molecule has 128 valence electrons. The number of allylic oxidation sites excluding steroid dienone is 2. The van der Waals surface area contributed by atoms with Crippen molar-refractivity contribution in [3.05, 3.63) is 83.4 Å². The van der Waals surface area contributed by atoms with Crippen LogP contribution in [0.3, 0.4) is 0 Å². The summed E-state index contributed by atoms with van der Waals surface area (Å²) in [4.78, 5) is 12.9. The highest BCUT2D eigenvalue weighted by atomic mass is 16.5. The van der Waals surface area contributed by atoms with Gasteiger partial charge in [0.25, 0.3) is 0 Å². The van der Waals surface area contributed by atoms with E-state index in [9.17, 15) is 15.0 Å². The van der Waals surface area contributed by atoms with E-state index in [1.54, 1.807) is 48.5 Å². The van der Waals surface area contributed by atoms with Gasteiger partial charge in [0.1, 0.15) is 5.66 Å². The quantitative estimate of drug-likeness (QED) is 0.318. The zero-order valence-corrected chi connectivity index (χ0v) is 13.4. The SMILES string of the molecule is Nc1ccc(C(=O)c2ccccc2C2=CC(N)(N)C(O)(O)C=C2)cc1. The summed E-state index contributed by atoms with van der Waals surface area (Å²) in [6.07, 6.45) is 3.92. The first-order valence-electron chi connectivity index (χ1n) is 7.65. The molecule has 2 aromatic carbocycles. The topological polar surface area (TPSA) is 136 Å². The van der Waals surface area contributed by atoms with Gasteiger partial charge in [0.2, 0.25) is 5.79 Å². The van der Waals surface area contributed by atoms with Crippen LogP contribution in [-0.4, -0.2) is 27.4 Å². The van der Waals surface area contributed by atoms with Crippen molar-refractivity contribution in [3.63, 3.8) is 0 Å². The maximum Gasteiger partial charge on any atom is 0.219 e. The Balaban J connectivity index is 2.06. The lowest BCUT2D eigenvalue weighted by atomic mass is 9.86. The molecule has 0 fully saturated rings. The number of carbonyl (C=O) groups excluding carboxylic acids is 1. The van der Waals surface area contributed by atoms with E-state index >= 15 is 0 Å². The van der Waals surface area contributed by atoms with Crippen molar-refractivity contribution in [2.45, 2.75) is 11.4 Å². The number of nitrogen functional groups attached to an aromatic ring is 1. The number of ketones is 1. The Hall–Kier alpha value is -2.77. The molecule has 2 aromatic rings. The number of hydrogen-bond acceptors (Lipinski definition) is 6. The zero-order valence-electron chi connectivity index (χ0n) is 13.4. The summed E-state index contributed by atoms with van der Waals surface area (Å²) in [6, 6.07) is 13.6. The van der Waals surface area contributed by atoms with Crippen molar-refractivity contribution in [2.24, 2.45) is 11.5 Å². The maximum absolute atomic E-state index is 12.9. The third-order valence-corrected chi connectivity index (χ3v) is 4.18. The van der Waals surface area contributed by atoms with E-state index < -0.39 is 11.4 Å². The standard InChI is InChI=1S/C19H19N3O3/c20-14-7-5-12(6-8-14)17(23)16-4-2-1-3-15(16)13-9-10-19(24,25)18(21,22)11-13/h1-11,24-25H,20-22H2. The minimum absolute atomic E-state index is 0.186. The Morgan fingerprint density at radius 2 is 1.60 bits per heavy atom. The first-order chi connectivity index (χ1) is 11.7. The molecule has 0 heterocycles. The molecule has 6 heteroatoms. The highest BCUT2D eigenvalue weighted by Gasteiger charge is 2.42. The average Bonchev–Trinajstić information content (AvgIpc) is 2.57. The van der Waals surface area contributed by atoms with E-state index in [1.165, 1.54) is 12.2 Å². The third kappa shape index (κ3) is 3.11. The molecule has 0 amide bonds. The van der Waals surface area contributed by atoms with Gasteiger partial charge in [-0.1, -0.05) is 30.3 Å². The van der Waals surface area contributed by atoms with Gasteiger partial charge in [0, 0.05) is 16.8 Å². The summed E-state index contributed by atoms with van der Waals surface area (Å²) in [6.45, 7) is 0. The lowest BCUT2D eigenvalue weighted by Gasteiger charge is -2.36. The molecule has 0 atom stereocenters. The Kier molecular flexibility index (Phi) is 4.06. The van der Waals surface area contributed by atoms with Crippen LogP contribution >= 0.6 is 0 Å². The van der Waals surface area contributed by atoms with Gasteiger partial charge >= 0.3 is 0 Å². The molecule has 0 saturated carbocycles. The fraction of sp³-hybridized carbons (Fsp3) is 0.105. The highest BCUT2D eigenvalue weighted by Crippen LogP contribution is 2.31. The normalized spacial score (nSPS) is 17.8. The fourth-order valence-electron chi connectivity index (χ4n) is 2.65. The molecule has 0 spiro atoms. The molecule has 0 unspecified atom stereocenters. The summed E-state index contributed by atoms with van der Waals surface area (Å²) in [5, 5.41) is 19.7. The second-order valence-corrected chi connectivity index (χ2v) is 6.09. The molecular weight excluding hydrogens is 318 g/mol. The van der Waals surface area contributed by atoms with E-state index in [0.29, 0.717) is 28.0 Å². The van der Waals surface area contributed by atoms with Crippen molar-refractivity contribution in [3.8, 4) is 0 Å². The highest BCUT2D eigenvalue weighted by molar-refractivity contribution is 6.12. The number of hydrogen-bond donors (Lipinski definition) is 5. The van der Waals surface area contributed by atoms with Crippen LogP contribution in [0.5, 0.6) is 0 Å². The van der Waals surface area contributed by atoms with E-state index in [4.69, 9.17) is 17.2 Å². The van der Waals surface area contributed by atoms with Crippen LogP contribution in [0, 0.1) is 0 Å². The van der Waals surface area contributed by atoms with Gasteiger partial charge in [-0.05, 0) is 47.6 Å². The van der Waals surface area contributed by atoms with E-state index in [-0.39, 0.29) is 5.78 Å². The van der Waals surface area contributed by atoms with Gasteiger partial charge in [-0.25, -0.2) is 0 Å². The molecule has 0 bridgehead atoms. The minimum atomic E-state index is -2.37. The monoisotopic (exact) mass is 337 g/mol. The molecule has 1 aliphatic carbocycles. The summed E-state index contributed by atoms with van der Waals surface area (Å²) in [7, 11) is 0. The molecule has 0 aromatic heterocycles. The van der Waals surface area contributed by atoms with Crippen molar-refractivity contribution in [2.75, 3.05) is 5.73 Å². The first kappa shape index (κ1) is 17.1. The molecule has 1 aliphatic rings. The van der Waals surface area contributed by atoms with Crippen LogP contribution in [0.4, 0.5) is 5.69 Å². The predicted molar refractivity (Wildman–Crippen MR) is 96.1 cm³/mol. The van der Waals surface area contributed by atoms with Crippen LogP contribution in [0.15, 0.2) is 66.8 Å². The minimum Gasteiger partial charge on any atom is -0.399 e. The number of rotatable bonds is 3. The number of benzene rings is 2. The van der Waals surface area contributed by atoms with Gasteiger partial charge in [-0.3, -0.25) is 4.79 Å². The number of carbonyl (C=O) groups is 1. The smallest absolute Gasteiger partial charge is 0.219 e. The van der Waals surface area contributed by atoms with Crippen molar-refractivity contribution < 1.29 is 15.0 Å². The zero-order chi connectivity index (χ0) is 18.2. The van der Waals surface area contributed by atoms with Gasteiger partial charge in [0.15, 0.2) is 5.78 Å². The Morgan fingerprint density at radius 1 is 0.960 bits per heavy atom. The molecule has 0 aliphatic heterocycles. The van der Waals surface area contributed by atoms with Crippen molar-refractivity contribution in [1.82, 2.24) is 0 Å². The Bertz CT molecular complexity index is 881. The average molecular weight is 337 g/mol. The van der Waals surface area contributed by atoms with Crippen LogP contribution in [-0.2, 0) is 0 Å². The molecule has 6 nitrogen and oxygen atoms in total. The van der Waals surface area contributed by atoms with Crippen LogP contribution in [0.25, 0.3) is 5.57 Å². The lowest BCUT2D eigenvalue weighted by Crippen LogP contribution is -2.65. The summed E-state index contributed by atoms with van der Waals surface area (Å²) in [5.74, 6) is -2.55. The predicted octanol–water partition coefficient (Wildman–Crippen LogP) is 0.748. The second-order valence-electron chi connectivity index (χ2n) is 6.09. The van der Waals surface area contributed by atoms with Gasteiger partial charge in [-0.15, -0.1) is 0 Å². The first-order valence-corrected chi connectivity index (χ1v) is 7.65. The van der Waals surface area contributed by atoms with E-state index in [0.717, 1.165) is 6.08 Å². The number of anilines is 1. The molecule has 0 radical (unpaired) electrons. The van der Waals surface area contributed by atoms with Gasteiger partial charge in [0.05, 0.1) is 0 Å². The molecule has 0 saturated heterocycles.